The van der Waals surface area contributed by atoms with E-state index in [-0.39, 0.29) is 0 Å². The summed E-state index contributed by atoms with van der Waals surface area (Å²) in [6.45, 7) is 5.76. The molecule has 0 heterocycles. The van der Waals surface area contributed by atoms with Gasteiger partial charge in [-0.2, -0.15) is 0 Å². The summed E-state index contributed by atoms with van der Waals surface area (Å²) in [5.41, 5.74) is 0.964. The molecule has 3 nitrogen and oxygen atoms in total. The summed E-state index contributed by atoms with van der Waals surface area (Å²) in [6.07, 6.45) is 3.23. The predicted octanol–water partition coefficient (Wildman–Crippen LogP) is 3.71. The lowest BCUT2D eigenvalue weighted by Crippen LogP contribution is -1.98. The van der Waals surface area contributed by atoms with E-state index in [1.807, 2.05) is 13.0 Å². The first kappa shape index (κ1) is 14.8. The molecule has 1 N–H and O–H groups in total. The second-order valence-electron chi connectivity index (χ2n) is 4.52. The van der Waals surface area contributed by atoms with Crippen LogP contribution in [-0.4, -0.2) is 25.4 Å². The highest BCUT2D eigenvalue weighted by Gasteiger charge is 2.11. The van der Waals surface area contributed by atoms with Crippen LogP contribution in [0.25, 0.3) is 0 Å². The van der Waals surface area contributed by atoms with Crippen LogP contribution in [0.2, 0.25) is 0 Å². The van der Waals surface area contributed by atoms with Crippen molar-refractivity contribution in [2.75, 3.05) is 20.3 Å². The Kier molecular flexibility index (Phi) is 6.58. The molecule has 0 saturated heterocycles. The number of unbranched alkanes of at least 4 members (excludes halogenated alkanes) is 1. The van der Waals surface area contributed by atoms with E-state index in [0.717, 1.165) is 43.8 Å². The first-order chi connectivity index (χ1) is 8.69. The number of hydrogen-bond acceptors (Lipinski definition) is 3. The SMILES string of the molecule is CCOCCCCC(C)c1cc(OC)ccc1O. The molecule has 0 aromatic heterocycles. The minimum atomic E-state index is 0.335. The third-order valence-electron chi connectivity index (χ3n) is 3.15. The highest BCUT2D eigenvalue weighted by atomic mass is 16.5. The molecule has 1 aromatic rings. The highest BCUT2D eigenvalue weighted by Crippen LogP contribution is 2.32. The maximum atomic E-state index is 9.86. The molecule has 0 aliphatic carbocycles. The van der Waals surface area contributed by atoms with Crippen LogP contribution in [0.1, 0.15) is 44.6 Å². The van der Waals surface area contributed by atoms with Crippen LogP contribution in [0.3, 0.4) is 0 Å². The lowest BCUT2D eigenvalue weighted by molar-refractivity contribution is 0.142. The summed E-state index contributed by atoms with van der Waals surface area (Å²) in [6, 6.07) is 5.40. The van der Waals surface area contributed by atoms with Gasteiger partial charge in [-0.05, 0) is 43.9 Å². The molecule has 0 amide bonds. The van der Waals surface area contributed by atoms with E-state index >= 15 is 0 Å². The monoisotopic (exact) mass is 252 g/mol. The van der Waals surface area contributed by atoms with Crippen LogP contribution in [-0.2, 0) is 4.74 Å². The Hall–Kier alpha value is -1.22. The first-order valence-corrected chi connectivity index (χ1v) is 6.63. The molecule has 1 unspecified atom stereocenters. The summed E-state index contributed by atoms with van der Waals surface area (Å²) in [5, 5.41) is 9.86. The summed E-state index contributed by atoms with van der Waals surface area (Å²) in [4.78, 5) is 0. The van der Waals surface area contributed by atoms with Crippen LogP contribution >= 0.6 is 0 Å². The topological polar surface area (TPSA) is 38.7 Å². The van der Waals surface area contributed by atoms with Gasteiger partial charge in [0.15, 0.2) is 0 Å². The van der Waals surface area contributed by atoms with Crippen LogP contribution < -0.4 is 4.74 Å². The maximum absolute atomic E-state index is 9.86. The van der Waals surface area contributed by atoms with Crippen LogP contribution in [0.5, 0.6) is 11.5 Å². The van der Waals surface area contributed by atoms with Gasteiger partial charge in [0.25, 0.3) is 0 Å². The van der Waals surface area contributed by atoms with Crippen molar-refractivity contribution in [1.82, 2.24) is 0 Å². The number of rotatable bonds is 8. The van der Waals surface area contributed by atoms with Crippen LogP contribution in [0, 0.1) is 0 Å². The van der Waals surface area contributed by atoms with Gasteiger partial charge in [-0.15, -0.1) is 0 Å². The van der Waals surface area contributed by atoms with E-state index in [1.165, 1.54) is 0 Å². The van der Waals surface area contributed by atoms with Crippen molar-refractivity contribution in [2.24, 2.45) is 0 Å². The molecule has 18 heavy (non-hydrogen) atoms. The Morgan fingerprint density at radius 3 is 2.72 bits per heavy atom. The number of hydrogen-bond donors (Lipinski definition) is 1. The first-order valence-electron chi connectivity index (χ1n) is 6.63. The Bertz CT molecular complexity index is 350. The molecule has 102 valence electrons. The van der Waals surface area contributed by atoms with E-state index in [2.05, 4.69) is 6.92 Å². The molecule has 0 saturated carbocycles. The Morgan fingerprint density at radius 2 is 2.06 bits per heavy atom. The van der Waals surface area contributed by atoms with Crippen molar-refractivity contribution in [3.05, 3.63) is 23.8 Å². The second-order valence-corrected chi connectivity index (χ2v) is 4.52. The van der Waals surface area contributed by atoms with Crippen molar-refractivity contribution >= 4 is 0 Å². The zero-order chi connectivity index (χ0) is 13.4. The third kappa shape index (κ3) is 4.57. The average molecular weight is 252 g/mol. The minimum Gasteiger partial charge on any atom is -0.508 e. The smallest absolute Gasteiger partial charge is 0.119 e. The molecule has 1 aromatic carbocycles. The van der Waals surface area contributed by atoms with Gasteiger partial charge in [0.1, 0.15) is 11.5 Å². The standard InChI is InChI=1S/C15H24O3/c1-4-18-10-6-5-7-12(2)14-11-13(17-3)8-9-15(14)16/h8-9,11-12,16H,4-7,10H2,1-3H3. The van der Waals surface area contributed by atoms with E-state index in [1.54, 1.807) is 19.2 Å². The Labute approximate surface area is 110 Å². The summed E-state index contributed by atoms with van der Waals surface area (Å²) in [5.74, 6) is 1.49. The second kappa shape index (κ2) is 7.98. The number of methoxy groups -OCH3 is 1. The molecular formula is C15H24O3. The van der Waals surface area contributed by atoms with Gasteiger partial charge in [0.05, 0.1) is 7.11 Å². The van der Waals surface area contributed by atoms with E-state index in [0.29, 0.717) is 11.7 Å². The lowest BCUT2D eigenvalue weighted by atomic mass is 9.94. The van der Waals surface area contributed by atoms with E-state index in [4.69, 9.17) is 9.47 Å². The van der Waals surface area contributed by atoms with Gasteiger partial charge in [-0.3, -0.25) is 0 Å². The number of phenols is 1. The fraction of sp³-hybridized carbons (Fsp3) is 0.600. The van der Waals surface area contributed by atoms with Crippen molar-refractivity contribution in [2.45, 2.75) is 39.0 Å². The number of phenolic OH excluding ortho intramolecular Hbond substituents is 1. The molecule has 0 aliphatic heterocycles. The quantitative estimate of drug-likeness (QED) is 0.717. The molecule has 1 rings (SSSR count). The lowest BCUT2D eigenvalue weighted by Gasteiger charge is -2.14. The molecule has 0 aliphatic rings. The predicted molar refractivity (Wildman–Crippen MR) is 73.4 cm³/mol. The fourth-order valence-electron chi connectivity index (χ4n) is 2.01. The van der Waals surface area contributed by atoms with Gasteiger partial charge in [-0.1, -0.05) is 13.3 Å². The largest absolute Gasteiger partial charge is 0.508 e. The van der Waals surface area contributed by atoms with Crippen molar-refractivity contribution in [3.63, 3.8) is 0 Å². The van der Waals surface area contributed by atoms with Crippen LogP contribution in [0.15, 0.2) is 18.2 Å². The van der Waals surface area contributed by atoms with Gasteiger partial charge < -0.3 is 14.6 Å². The van der Waals surface area contributed by atoms with Crippen molar-refractivity contribution in [3.8, 4) is 11.5 Å². The summed E-state index contributed by atoms with van der Waals surface area (Å²) >= 11 is 0. The molecule has 0 fully saturated rings. The maximum Gasteiger partial charge on any atom is 0.119 e. The minimum absolute atomic E-state index is 0.335. The Balaban J connectivity index is 2.47. The summed E-state index contributed by atoms with van der Waals surface area (Å²) in [7, 11) is 1.64. The zero-order valence-corrected chi connectivity index (χ0v) is 11.6. The van der Waals surface area contributed by atoms with Crippen molar-refractivity contribution in [1.29, 1.82) is 0 Å². The van der Waals surface area contributed by atoms with Gasteiger partial charge in [0.2, 0.25) is 0 Å². The number of ether oxygens (including phenoxy) is 2. The molecule has 3 heteroatoms. The molecule has 0 radical (unpaired) electrons. The summed E-state index contributed by atoms with van der Waals surface area (Å²) < 4.78 is 10.5. The third-order valence-corrected chi connectivity index (χ3v) is 3.15. The Morgan fingerprint density at radius 1 is 1.28 bits per heavy atom. The number of benzene rings is 1. The zero-order valence-electron chi connectivity index (χ0n) is 11.6. The van der Waals surface area contributed by atoms with Gasteiger partial charge in [0, 0.05) is 18.8 Å². The van der Waals surface area contributed by atoms with E-state index < -0.39 is 0 Å². The van der Waals surface area contributed by atoms with E-state index in [9.17, 15) is 5.11 Å². The van der Waals surface area contributed by atoms with Gasteiger partial charge >= 0.3 is 0 Å². The highest BCUT2D eigenvalue weighted by molar-refractivity contribution is 5.41. The average Bonchev–Trinajstić information content (AvgIpc) is 2.39. The van der Waals surface area contributed by atoms with Crippen molar-refractivity contribution < 1.29 is 14.6 Å². The molecule has 1 atom stereocenters. The normalized spacial score (nSPS) is 12.4. The van der Waals surface area contributed by atoms with Crippen LogP contribution in [0.4, 0.5) is 0 Å². The van der Waals surface area contributed by atoms with Gasteiger partial charge in [-0.25, -0.2) is 0 Å². The molecule has 0 spiro atoms. The fourth-order valence-corrected chi connectivity index (χ4v) is 2.01. The molecular weight excluding hydrogens is 228 g/mol. The number of aromatic hydroxyl groups is 1. The molecule has 0 bridgehead atoms.